The third-order valence-electron chi connectivity index (χ3n) is 4.32. The molecule has 0 heterocycles. The van der Waals surface area contributed by atoms with Gasteiger partial charge in [0, 0.05) is 5.56 Å². The number of carbonyl (C=O) groups excluding carboxylic acids is 2. The summed E-state index contributed by atoms with van der Waals surface area (Å²) in [6.45, 7) is 7.13. The molecule has 2 amide bonds. The fraction of sp³-hybridized carbons (Fsp3) is 0.300. The van der Waals surface area contributed by atoms with Gasteiger partial charge in [-0.25, -0.2) is 8.42 Å². The van der Waals surface area contributed by atoms with E-state index < -0.39 is 27.9 Å². The van der Waals surface area contributed by atoms with E-state index in [1.54, 1.807) is 26.0 Å². The van der Waals surface area contributed by atoms with Crippen molar-refractivity contribution in [3.8, 4) is 5.75 Å². The van der Waals surface area contributed by atoms with Gasteiger partial charge in [0.05, 0.1) is 11.9 Å². The molecule has 0 bridgehead atoms. The third kappa shape index (κ3) is 6.21. The van der Waals surface area contributed by atoms with Crippen LogP contribution < -0.4 is 20.3 Å². The Morgan fingerprint density at radius 2 is 1.69 bits per heavy atom. The Balaban J connectivity index is 2.00. The van der Waals surface area contributed by atoms with Gasteiger partial charge in [-0.05, 0) is 62.6 Å². The highest BCUT2D eigenvalue weighted by Crippen LogP contribution is 2.22. The first kappa shape index (κ1) is 22.2. The summed E-state index contributed by atoms with van der Waals surface area (Å²) in [4.78, 5) is 24.6. The standard InChI is InChI=1S/C20H25N3O5S/c1-12-7-6-8-18(14(12)3)28-15(4)19(24)21-22-20(25)16-10-9-13(2)17(11-16)23-29(5,26)27/h6-11,15,23H,1-5H3,(H,21,24)(H,22,25). The summed E-state index contributed by atoms with van der Waals surface area (Å²) >= 11 is 0. The highest BCUT2D eigenvalue weighted by molar-refractivity contribution is 7.92. The first-order valence-electron chi connectivity index (χ1n) is 8.89. The molecule has 0 spiro atoms. The summed E-state index contributed by atoms with van der Waals surface area (Å²) in [6, 6.07) is 10.1. The van der Waals surface area contributed by atoms with Crippen molar-refractivity contribution in [3.05, 3.63) is 58.7 Å². The average molecular weight is 420 g/mol. The highest BCUT2D eigenvalue weighted by atomic mass is 32.2. The maximum absolute atomic E-state index is 12.3. The highest BCUT2D eigenvalue weighted by Gasteiger charge is 2.17. The smallest absolute Gasteiger partial charge is 0.279 e. The molecule has 2 aromatic rings. The van der Waals surface area contributed by atoms with Crippen LogP contribution in [0.5, 0.6) is 5.75 Å². The van der Waals surface area contributed by atoms with E-state index in [2.05, 4.69) is 15.6 Å². The summed E-state index contributed by atoms with van der Waals surface area (Å²) in [5.41, 5.74) is 7.73. The number of rotatable bonds is 6. The number of ether oxygens (including phenoxy) is 1. The Morgan fingerprint density at radius 1 is 1.00 bits per heavy atom. The minimum absolute atomic E-state index is 0.185. The Hall–Kier alpha value is -3.07. The van der Waals surface area contributed by atoms with Crippen LogP contribution in [-0.2, 0) is 14.8 Å². The molecule has 156 valence electrons. The van der Waals surface area contributed by atoms with Gasteiger partial charge < -0.3 is 4.74 Å². The summed E-state index contributed by atoms with van der Waals surface area (Å²) in [5, 5.41) is 0. The number of benzene rings is 2. The lowest BCUT2D eigenvalue weighted by atomic mass is 10.1. The predicted octanol–water partition coefficient (Wildman–Crippen LogP) is 2.21. The van der Waals surface area contributed by atoms with Crippen molar-refractivity contribution in [2.75, 3.05) is 11.0 Å². The first-order chi connectivity index (χ1) is 13.5. The van der Waals surface area contributed by atoms with Gasteiger partial charge in [0.2, 0.25) is 10.0 Å². The number of hydrogen-bond acceptors (Lipinski definition) is 5. The summed E-state index contributed by atoms with van der Waals surface area (Å²) in [6.07, 6.45) is 0.188. The van der Waals surface area contributed by atoms with E-state index in [1.807, 2.05) is 26.0 Å². The molecule has 29 heavy (non-hydrogen) atoms. The van der Waals surface area contributed by atoms with Crippen LogP contribution >= 0.6 is 0 Å². The average Bonchev–Trinajstić information content (AvgIpc) is 2.63. The van der Waals surface area contributed by atoms with Crippen LogP contribution in [0.3, 0.4) is 0 Å². The third-order valence-corrected chi connectivity index (χ3v) is 4.91. The zero-order valence-electron chi connectivity index (χ0n) is 17.0. The van der Waals surface area contributed by atoms with E-state index in [-0.39, 0.29) is 11.3 Å². The molecule has 0 aliphatic rings. The minimum atomic E-state index is -3.48. The number of amides is 2. The fourth-order valence-electron chi connectivity index (χ4n) is 2.46. The zero-order chi connectivity index (χ0) is 21.8. The van der Waals surface area contributed by atoms with E-state index in [0.29, 0.717) is 11.3 Å². The summed E-state index contributed by atoms with van der Waals surface area (Å²) in [5.74, 6) is -0.524. The van der Waals surface area contributed by atoms with E-state index in [9.17, 15) is 18.0 Å². The number of nitrogens with one attached hydrogen (secondary N) is 3. The van der Waals surface area contributed by atoms with Crippen molar-refractivity contribution in [1.82, 2.24) is 10.9 Å². The number of sulfonamides is 1. The van der Waals surface area contributed by atoms with Crippen molar-refractivity contribution in [1.29, 1.82) is 0 Å². The molecule has 0 aliphatic carbocycles. The second-order valence-corrected chi connectivity index (χ2v) is 8.55. The zero-order valence-corrected chi connectivity index (χ0v) is 17.8. The number of carbonyl (C=O) groups is 2. The minimum Gasteiger partial charge on any atom is -0.481 e. The molecule has 0 saturated heterocycles. The topological polar surface area (TPSA) is 114 Å². The van der Waals surface area contributed by atoms with Crippen LogP contribution in [-0.4, -0.2) is 32.6 Å². The molecule has 2 aromatic carbocycles. The van der Waals surface area contributed by atoms with Gasteiger partial charge >= 0.3 is 0 Å². The Kier molecular flexibility index (Phi) is 6.86. The molecule has 0 fully saturated rings. The number of anilines is 1. The van der Waals surface area contributed by atoms with E-state index in [4.69, 9.17) is 4.74 Å². The monoisotopic (exact) mass is 419 g/mol. The van der Waals surface area contributed by atoms with Crippen LogP contribution in [0.15, 0.2) is 36.4 Å². The van der Waals surface area contributed by atoms with Gasteiger partial charge in [0.15, 0.2) is 6.10 Å². The molecule has 0 radical (unpaired) electrons. The quantitative estimate of drug-likeness (QED) is 0.621. The molecule has 2 rings (SSSR count). The van der Waals surface area contributed by atoms with E-state index >= 15 is 0 Å². The van der Waals surface area contributed by atoms with Crippen LogP contribution in [0.1, 0.15) is 34.0 Å². The lowest BCUT2D eigenvalue weighted by Gasteiger charge is -2.17. The van der Waals surface area contributed by atoms with Crippen molar-refractivity contribution in [2.24, 2.45) is 0 Å². The second-order valence-electron chi connectivity index (χ2n) is 6.81. The van der Waals surface area contributed by atoms with Gasteiger partial charge in [-0.2, -0.15) is 0 Å². The van der Waals surface area contributed by atoms with Crippen molar-refractivity contribution in [2.45, 2.75) is 33.8 Å². The summed E-state index contributed by atoms with van der Waals surface area (Å²) in [7, 11) is -3.48. The van der Waals surface area contributed by atoms with Crippen LogP contribution in [0.25, 0.3) is 0 Å². The molecule has 3 N–H and O–H groups in total. The predicted molar refractivity (Wildman–Crippen MR) is 111 cm³/mol. The maximum atomic E-state index is 12.3. The number of aryl methyl sites for hydroxylation is 2. The Labute approximate surface area is 170 Å². The maximum Gasteiger partial charge on any atom is 0.279 e. The van der Waals surface area contributed by atoms with Gasteiger partial charge in [-0.3, -0.25) is 25.2 Å². The molecule has 1 unspecified atom stereocenters. The first-order valence-corrected chi connectivity index (χ1v) is 10.8. The SMILES string of the molecule is Cc1ccc(C(=O)NNC(=O)C(C)Oc2cccc(C)c2C)cc1NS(C)(=O)=O. The largest absolute Gasteiger partial charge is 0.481 e. The fourth-order valence-corrected chi connectivity index (χ4v) is 3.08. The van der Waals surface area contributed by atoms with Crippen molar-refractivity contribution < 1.29 is 22.7 Å². The molecular formula is C20H25N3O5S. The molecule has 1 atom stereocenters. The van der Waals surface area contributed by atoms with E-state index in [1.165, 1.54) is 12.1 Å². The molecule has 0 saturated carbocycles. The molecular weight excluding hydrogens is 394 g/mol. The normalized spacial score (nSPS) is 12.0. The Bertz CT molecular complexity index is 1030. The van der Waals surface area contributed by atoms with E-state index in [0.717, 1.165) is 17.4 Å². The van der Waals surface area contributed by atoms with Crippen LogP contribution in [0.2, 0.25) is 0 Å². The molecule has 8 nitrogen and oxygen atoms in total. The summed E-state index contributed by atoms with van der Waals surface area (Å²) < 4.78 is 30.9. The molecule has 0 aliphatic heterocycles. The lowest BCUT2D eigenvalue weighted by molar-refractivity contribution is -0.128. The van der Waals surface area contributed by atoms with Crippen molar-refractivity contribution >= 4 is 27.5 Å². The second kappa shape index (κ2) is 8.95. The molecule has 9 heteroatoms. The number of hydrazine groups is 1. The van der Waals surface area contributed by atoms with Crippen LogP contribution in [0, 0.1) is 20.8 Å². The van der Waals surface area contributed by atoms with Gasteiger partial charge in [-0.1, -0.05) is 18.2 Å². The number of hydrogen-bond donors (Lipinski definition) is 3. The van der Waals surface area contributed by atoms with Gasteiger partial charge in [-0.15, -0.1) is 0 Å². The lowest BCUT2D eigenvalue weighted by Crippen LogP contribution is -2.47. The Morgan fingerprint density at radius 3 is 2.34 bits per heavy atom. The molecule has 0 aromatic heterocycles. The van der Waals surface area contributed by atoms with Gasteiger partial charge in [0.1, 0.15) is 5.75 Å². The van der Waals surface area contributed by atoms with Gasteiger partial charge in [0.25, 0.3) is 11.8 Å². The van der Waals surface area contributed by atoms with Crippen LogP contribution in [0.4, 0.5) is 5.69 Å². The van der Waals surface area contributed by atoms with Crippen molar-refractivity contribution in [3.63, 3.8) is 0 Å².